The van der Waals surface area contributed by atoms with E-state index >= 15 is 0 Å². The molecule has 0 saturated carbocycles. The number of ether oxygens (including phenoxy) is 1. The maximum Gasteiger partial charge on any atom is 0.299 e. The number of nitrogens with zero attached hydrogens (tertiary/aromatic N) is 2. The number of benzene rings is 1. The number of aromatic nitrogens is 2. The van der Waals surface area contributed by atoms with Crippen molar-refractivity contribution in [2.75, 3.05) is 0 Å². The normalized spacial score (nSPS) is 10.3. The van der Waals surface area contributed by atoms with Gasteiger partial charge in [0, 0.05) is 4.47 Å². The van der Waals surface area contributed by atoms with E-state index in [0.717, 1.165) is 20.8 Å². The Morgan fingerprint density at radius 1 is 1.27 bits per heavy atom. The molecule has 0 spiro atoms. The summed E-state index contributed by atoms with van der Waals surface area (Å²) in [6.07, 6.45) is 0. The summed E-state index contributed by atoms with van der Waals surface area (Å²) < 4.78 is 6.63. The largest absolute Gasteiger partial charge is 0.430 e. The summed E-state index contributed by atoms with van der Waals surface area (Å²) in [6, 6.07) is 5.81. The third-order valence-electron chi connectivity index (χ3n) is 1.84. The van der Waals surface area contributed by atoms with Crippen LogP contribution in [0.5, 0.6) is 10.9 Å². The van der Waals surface area contributed by atoms with Crippen molar-refractivity contribution in [3.8, 4) is 10.9 Å². The molecule has 0 fully saturated rings. The van der Waals surface area contributed by atoms with E-state index in [-0.39, 0.29) is 0 Å². The Kier molecular flexibility index (Phi) is 3.02. The third kappa shape index (κ3) is 2.54. The SMILES string of the molecule is Cc1nnc(Oc2ccc(Br)c(C)c2)s1. The molecule has 15 heavy (non-hydrogen) atoms. The van der Waals surface area contributed by atoms with Gasteiger partial charge >= 0.3 is 0 Å². The summed E-state index contributed by atoms with van der Waals surface area (Å²) in [7, 11) is 0. The topological polar surface area (TPSA) is 35.0 Å². The molecule has 0 saturated heterocycles. The van der Waals surface area contributed by atoms with Crippen LogP contribution in [0.1, 0.15) is 10.6 Å². The van der Waals surface area contributed by atoms with Gasteiger partial charge in [-0.3, -0.25) is 0 Å². The molecule has 0 radical (unpaired) electrons. The van der Waals surface area contributed by atoms with Gasteiger partial charge in [0.15, 0.2) is 0 Å². The van der Waals surface area contributed by atoms with Crippen LogP contribution in [0.2, 0.25) is 0 Å². The molecule has 0 atom stereocenters. The Hall–Kier alpha value is -0.940. The van der Waals surface area contributed by atoms with Crippen LogP contribution < -0.4 is 4.74 Å². The van der Waals surface area contributed by atoms with Crippen LogP contribution >= 0.6 is 27.3 Å². The lowest BCUT2D eigenvalue weighted by atomic mass is 10.2. The zero-order valence-electron chi connectivity index (χ0n) is 8.32. The number of hydrogen-bond donors (Lipinski definition) is 0. The fraction of sp³-hybridized carbons (Fsp3) is 0.200. The number of aryl methyl sites for hydroxylation is 2. The van der Waals surface area contributed by atoms with Gasteiger partial charge in [0.1, 0.15) is 10.8 Å². The molecular formula is C10H9BrN2OS. The highest BCUT2D eigenvalue weighted by atomic mass is 79.9. The van der Waals surface area contributed by atoms with Crippen molar-refractivity contribution in [2.45, 2.75) is 13.8 Å². The maximum atomic E-state index is 5.56. The van der Waals surface area contributed by atoms with Crippen LogP contribution in [0.3, 0.4) is 0 Å². The molecule has 0 aliphatic rings. The first-order valence-electron chi connectivity index (χ1n) is 4.39. The second kappa shape index (κ2) is 4.28. The van der Waals surface area contributed by atoms with Gasteiger partial charge < -0.3 is 4.74 Å². The van der Waals surface area contributed by atoms with Crippen LogP contribution in [0, 0.1) is 13.8 Å². The lowest BCUT2D eigenvalue weighted by Crippen LogP contribution is -1.84. The van der Waals surface area contributed by atoms with Crippen molar-refractivity contribution in [3.05, 3.63) is 33.2 Å². The summed E-state index contributed by atoms with van der Waals surface area (Å²) in [5.41, 5.74) is 1.13. The van der Waals surface area contributed by atoms with Crippen LogP contribution in [0.15, 0.2) is 22.7 Å². The molecule has 1 aromatic heterocycles. The first kappa shape index (κ1) is 10.6. The highest BCUT2D eigenvalue weighted by molar-refractivity contribution is 9.10. The molecular weight excluding hydrogens is 276 g/mol. The number of rotatable bonds is 2. The average Bonchev–Trinajstić information content (AvgIpc) is 2.58. The molecule has 1 heterocycles. The monoisotopic (exact) mass is 284 g/mol. The van der Waals surface area contributed by atoms with E-state index in [4.69, 9.17) is 4.74 Å². The standard InChI is InChI=1S/C10H9BrN2OS/c1-6-5-8(3-4-9(6)11)14-10-13-12-7(2)15-10/h3-5H,1-2H3. The van der Waals surface area contributed by atoms with Gasteiger partial charge in [-0.05, 0) is 37.6 Å². The lowest BCUT2D eigenvalue weighted by molar-refractivity contribution is 0.472. The number of hydrogen-bond acceptors (Lipinski definition) is 4. The van der Waals surface area contributed by atoms with Crippen molar-refractivity contribution in [1.29, 1.82) is 0 Å². The van der Waals surface area contributed by atoms with Gasteiger partial charge in [-0.1, -0.05) is 32.4 Å². The van der Waals surface area contributed by atoms with Gasteiger partial charge in [-0.15, -0.1) is 5.10 Å². The molecule has 0 aliphatic heterocycles. The van der Waals surface area contributed by atoms with Crippen LogP contribution in [-0.4, -0.2) is 10.2 Å². The minimum absolute atomic E-state index is 0.578. The second-order valence-electron chi connectivity index (χ2n) is 3.10. The Labute approximate surface area is 100 Å². The molecule has 0 N–H and O–H groups in total. The molecule has 5 heteroatoms. The van der Waals surface area contributed by atoms with Gasteiger partial charge in [0.25, 0.3) is 5.19 Å². The zero-order valence-corrected chi connectivity index (χ0v) is 10.7. The molecule has 2 rings (SSSR count). The molecule has 1 aromatic carbocycles. The van der Waals surface area contributed by atoms with E-state index in [0.29, 0.717) is 5.19 Å². The summed E-state index contributed by atoms with van der Waals surface area (Å²) in [5.74, 6) is 0.784. The predicted octanol–water partition coefficient (Wildman–Crippen LogP) is 3.71. The van der Waals surface area contributed by atoms with E-state index in [1.165, 1.54) is 11.3 Å². The molecule has 0 bridgehead atoms. The Balaban J connectivity index is 2.21. The Morgan fingerprint density at radius 2 is 2.07 bits per heavy atom. The van der Waals surface area contributed by atoms with Gasteiger partial charge in [0.2, 0.25) is 0 Å². The highest BCUT2D eigenvalue weighted by Gasteiger charge is 2.04. The molecule has 78 valence electrons. The van der Waals surface area contributed by atoms with Crippen molar-refractivity contribution in [1.82, 2.24) is 10.2 Å². The van der Waals surface area contributed by atoms with Crippen molar-refractivity contribution < 1.29 is 4.74 Å². The first-order valence-corrected chi connectivity index (χ1v) is 6.00. The van der Waals surface area contributed by atoms with Gasteiger partial charge in [-0.2, -0.15) is 0 Å². The molecule has 3 nitrogen and oxygen atoms in total. The van der Waals surface area contributed by atoms with E-state index in [2.05, 4.69) is 26.1 Å². The average molecular weight is 285 g/mol. The van der Waals surface area contributed by atoms with Crippen molar-refractivity contribution in [3.63, 3.8) is 0 Å². The quantitative estimate of drug-likeness (QED) is 0.843. The summed E-state index contributed by atoms with van der Waals surface area (Å²) in [4.78, 5) is 0. The van der Waals surface area contributed by atoms with Crippen LogP contribution in [0.4, 0.5) is 0 Å². The van der Waals surface area contributed by atoms with Crippen LogP contribution in [-0.2, 0) is 0 Å². The Morgan fingerprint density at radius 3 is 2.67 bits per heavy atom. The van der Waals surface area contributed by atoms with Crippen molar-refractivity contribution in [2.24, 2.45) is 0 Å². The smallest absolute Gasteiger partial charge is 0.299 e. The number of halogens is 1. The van der Waals surface area contributed by atoms with Gasteiger partial charge in [0.05, 0.1) is 0 Å². The molecule has 0 unspecified atom stereocenters. The molecule has 0 amide bonds. The van der Waals surface area contributed by atoms with Gasteiger partial charge in [-0.25, -0.2) is 0 Å². The van der Waals surface area contributed by atoms with E-state index in [1.807, 2.05) is 32.0 Å². The minimum atomic E-state index is 0.578. The van der Waals surface area contributed by atoms with Crippen LogP contribution in [0.25, 0.3) is 0 Å². The summed E-state index contributed by atoms with van der Waals surface area (Å²) in [6.45, 7) is 3.92. The fourth-order valence-corrected chi connectivity index (χ4v) is 1.90. The van der Waals surface area contributed by atoms with Crippen molar-refractivity contribution >= 4 is 27.3 Å². The highest BCUT2D eigenvalue weighted by Crippen LogP contribution is 2.27. The first-order chi connectivity index (χ1) is 7.15. The summed E-state index contributed by atoms with van der Waals surface area (Å²) in [5, 5.41) is 9.26. The lowest BCUT2D eigenvalue weighted by Gasteiger charge is -2.03. The second-order valence-corrected chi connectivity index (χ2v) is 5.10. The van der Waals surface area contributed by atoms with E-state index in [9.17, 15) is 0 Å². The predicted molar refractivity (Wildman–Crippen MR) is 63.6 cm³/mol. The molecule has 2 aromatic rings. The maximum absolute atomic E-state index is 5.56. The van der Waals surface area contributed by atoms with E-state index in [1.54, 1.807) is 0 Å². The zero-order chi connectivity index (χ0) is 10.8. The molecule has 0 aliphatic carbocycles. The third-order valence-corrected chi connectivity index (χ3v) is 3.45. The summed E-state index contributed by atoms with van der Waals surface area (Å²) >= 11 is 4.87. The minimum Gasteiger partial charge on any atom is -0.430 e. The fourth-order valence-electron chi connectivity index (χ4n) is 1.10. The Bertz CT molecular complexity index is 484. The van der Waals surface area contributed by atoms with E-state index < -0.39 is 0 Å².